The van der Waals surface area contributed by atoms with Crippen molar-refractivity contribution >= 4 is 39.5 Å². The van der Waals surface area contributed by atoms with Crippen molar-refractivity contribution in [2.24, 2.45) is 0 Å². The number of ether oxygens (including phenoxy) is 1. The normalized spacial score (nSPS) is 11.5. The number of nitrogens with one attached hydrogen (secondary N) is 1. The van der Waals surface area contributed by atoms with Gasteiger partial charge in [-0.1, -0.05) is 12.1 Å². The van der Waals surface area contributed by atoms with Gasteiger partial charge in [-0.05, 0) is 51.8 Å². The number of hydrogen-bond donors (Lipinski definition) is 2. The number of halogens is 4. The Bertz CT molecular complexity index is 1390. The molecule has 0 unspecified atom stereocenters. The van der Waals surface area contributed by atoms with E-state index in [1.54, 1.807) is 0 Å². The molecule has 0 amide bonds. The highest BCUT2D eigenvalue weighted by Gasteiger charge is 2.33. The van der Waals surface area contributed by atoms with Gasteiger partial charge in [-0.2, -0.15) is 18.2 Å². The highest BCUT2D eigenvalue weighted by atomic mass is 79.9. The first-order chi connectivity index (χ1) is 15.9. The van der Waals surface area contributed by atoms with Gasteiger partial charge in [-0.25, -0.2) is 0 Å². The van der Waals surface area contributed by atoms with Gasteiger partial charge in [0.25, 0.3) is 5.88 Å². The van der Waals surface area contributed by atoms with Gasteiger partial charge in [0.05, 0.1) is 19.9 Å². The molecule has 3 aromatic rings. The summed E-state index contributed by atoms with van der Waals surface area (Å²) in [4.78, 5) is 37.2. The Morgan fingerprint density at radius 3 is 2.29 bits per heavy atom. The Hall–Kier alpha value is -4.27. The molecule has 0 bridgehead atoms. The molecule has 0 atom stereocenters. The zero-order chi connectivity index (χ0) is 25.2. The Morgan fingerprint density at radius 2 is 1.74 bits per heavy atom. The molecular formula is C19H10BrF3N4O7. The molecule has 0 aliphatic heterocycles. The van der Waals surface area contributed by atoms with Crippen LogP contribution in [-0.2, 0) is 6.18 Å². The fraction of sp³-hybridized carbons (Fsp3) is 0.0526. The molecule has 15 heteroatoms. The fourth-order valence-electron chi connectivity index (χ4n) is 2.64. The quantitative estimate of drug-likeness (QED) is 0.323. The SMILES string of the molecule is O=c1[nH]c(/C=C\c2ccc(Oc3ccc(C(F)(F)F)cc3[N+](=O)[O-])c(Br)c2)nc(O)c1[N+](=O)[O-]. The Balaban J connectivity index is 1.86. The third-order valence-electron chi connectivity index (χ3n) is 4.17. The first kappa shape index (κ1) is 24.4. The van der Waals surface area contributed by atoms with Crippen LogP contribution in [0.1, 0.15) is 17.0 Å². The summed E-state index contributed by atoms with van der Waals surface area (Å²) in [6.07, 6.45) is -2.11. The number of rotatable bonds is 6. The second-order valence-corrected chi connectivity index (χ2v) is 7.30. The number of aromatic nitrogens is 2. The smallest absolute Gasteiger partial charge is 0.416 e. The van der Waals surface area contributed by atoms with Crippen molar-refractivity contribution in [3.8, 4) is 17.4 Å². The number of aromatic hydroxyl groups is 1. The van der Waals surface area contributed by atoms with Crippen molar-refractivity contribution in [1.82, 2.24) is 9.97 Å². The molecule has 0 aliphatic rings. The lowest BCUT2D eigenvalue weighted by molar-refractivity contribution is -0.387. The maximum absolute atomic E-state index is 12.8. The molecule has 1 aromatic heterocycles. The molecule has 0 radical (unpaired) electrons. The molecule has 11 nitrogen and oxygen atoms in total. The van der Waals surface area contributed by atoms with E-state index in [0.29, 0.717) is 17.7 Å². The zero-order valence-corrected chi connectivity index (χ0v) is 18.0. The van der Waals surface area contributed by atoms with Crippen LogP contribution >= 0.6 is 15.9 Å². The lowest BCUT2D eigenvalue weighted by atomic mass is 10.1. The third kappa shape index (κ3) is 5.37. The number of H-pyrrole nitrogens is 1. The van der Waals surface area contributed by atoms with Crippen LogP contribution in [0.2, 0.25) is 0 Å². The average molecular weight is 543 g/mol. The maximum Gasteiger partial charge on any atom is 0.416 e. The summed E-state index contributed by atoms with van der Waals surface area (Å²) in [6.45, 7) is 0. The Kier molecular flexibility index (Phi) is 6.67. The monoisotopic (exact) mass is 542 g/mol. The zero-order valence-electron chi connectivity index (χ0n) is 16.4. The Labute approximate surface area is 194 Å². The van der Waals surface area contributed by atoms with Gasteiger partial charge < -0.3 is 14.8 Å². The van der Waals surface area contributed by atoms with Crippen LogP contribution in [0.3, 0.4) is 0 Å². The summed E-state index contributed by atoms with van der Waals surface area (Å²) in [5, 5.41) is 31.5. The van der Waals surface area contributed by atoms with E-state index < -0.39 is 50.1 Å². The number of aromatic amines is 1. The Morgan fingerprint density at radius 1 is 1.06 bits per heavy atom. The van der Waals surface area contributed by atoms with Gasteiger partial charge in [0.15, 0.2) is 0 Å². The van der Waals surface area contributed by atoms with E-state index in [0.717, 1.165) is 6.07 Å². The summed E-state index contributed by atoms with van der Waals surface area (Å²) < 4.78 is 44.2. The average Bonchev–Trinajstić information content (AvgIpc) is 2.72. The largest absolute Gasteiger partial charge is 0.488 e. The number of nitrogens with zero attached hydrogens (tertiary/aromatic N) is 3. The van der Waals surface area contributed by atoms with Crippen LogP contribution in [0.5, 0.6) is 17.4 Å². The molecule has 1 heterocycles. The molecule has 0 spiro atoms. The van der Waals surface area contributed by atoms with E-state index in [2.05, 4.69) is 25.9 Å². The van der Waals surface area contributed by atoms with Gasteiger partial charge in [0, 0.05) is 6.07 Å². The number of alkyl halides is 3. The van der Waals surface area contributed by atoms with Crippen molar-refractivity contribution in [2.75, 3.05) is 0 Å². The van der Waals surface area contributed by atoms with Gasteiger partial charge in [-0.15, -0.1) is 0 Å². The minimum absolute atomic E-state index is 0.0551. The van der Waals surface area contributed by atoms with Crippen molar-refractivity contribution < 1.29 is 32.9 Å². The van der Waals surface area contributed by atoms with Gasteiger partial charge in [0.2, 0.25) is 5.75 Å². The van der Waals surface area contributed by atoms with E-state index in [-0.39, 0.29) is 16.0 Å². The van der Waals surface area contributed by atoms with Gasteiger partial charge in [-0.3, -0.25) is 25.0 Å². The van der Waals surface area contributed by atoms with Crippen LogP contribution in [0.25, 0.3) is 12.2 Å². The van der Waals surface area contributed by atoms with Crippen LogP contribution in [-0.4, -0.2) is 24.9 Å². The van der Waals surface area contributed by atoms with Crippen molar-refractivity contribution in [2.45, 2.75) is 6.18 Å². The minimum Gasteiger partial charge on any atom is -0.488 e. The third-order valence-corrected chi connectivity index (χ3v) is 4.79. The maximum atomic E-state index is 12.8. The molecule has 176 valence electrons. The summed E-state index contributed by atoms with van der Waals surface area (Å²) in [7, 11) is 0. The summed E-state index contributed by atoms with van der Waals surface area (Å²) in [5.41, 5.74) is -3.85. The van der Waals surface area contributed by atoms with E-state index in [1.165, 1.54) is 30.4 Å². The fourth-order valence-corrected chi connectivity index (χ4v) is 3.11. The first-order valence-electron chi connectivity index (χ1n) is 8.85. The van der Waals surface area contributed by atoms with Crippen molar-refractivity contribution in [3.63, 3.8) is 0 Å². The second kappa shape index (κ2) is 9.30. The van der Waals surface area contributed by atoms with E-state index in [1.807, 2.05) is 0 Å². The van der Waals surface area contributed by atoms with Crippen LogP contribution in [0, 0.1) is 20.2 Å². The van der Waals surface area contributed by atoms with E-state index >= 15 is 0 Å². The predicted molar refractivity (Wildman–Crippen MR) is 114 cm³/mol. The highest BCUT2D eigenvalue weighted by molar-refractivity contribution is 9.10. The van der Waals surface area contributed by atoms with Crippen molar-refractivity contribution in [3.05, 3.63) is 88.4 Å². The number of benzene rings is 2. The molecule has 0 saturated heterocycles. The lowest BCUT2D eigenvalue weighted by Crippen LogP contribution is -2.14. The summed E-state index contributed by atoms with van der Waals surface area (Å²) >= 11 is 3.19. The number of nitro groups is 2. The van der Waals surface area contributed by atoms with Crippen LogP contribution in [0.15, 0.2) is 45.7 Å². The minimum atomic E-state index is -4.77. The molecule has 0 aliphatic carbocycles. The standard InChI is InChI=1S/C19H10BrF3N4O7/c20-11-7-9(2-6-15-24-17(28)16(27(32)33)18(29)25-15)1-4-13(11)34-14-5-3-10(19(21,22)23)8-12(14)26(30)31/h1-8H,(H2,24,25,28,29)/b6-2-. The lowest BCUT2D eigenvalue weighted by Gasteiger charge is -2.11. The first-order valence-corrected chi connectivity index (χ1v) is 9.65. The summed E-state index contributed by atoms with van der Waals surface area (Å²) in [6, 6.07) is 6.17. The van der Waals surface area contributed by atoms with E-state index in [9.17, 15) is 43.3 Å². The highest BCUT2D eigenvalue weighted by Crippen LogP contribution is 2.39. The molecule has 34 heavy (non-hydrogen) atoms. The molecule has 3 rings (SSSR count). The second-order valence-electron chi connectivity index (χ2n) is 6.44. The predicted octanol–water partition coefficient (Wildman–Crippen LogP) is 5.04. The molecule has 0 fully saturated rings. The van der Waals surface area contributed by atoms with Gasteiger partial charge >= 0.3 is 23.1 Å². The van der Waals surface area contributed by atoms with E-state index in [4.69, 9.17) is 4.74 Å². The number of hydrogen-bond acceptors (Lipinski definition) is 8. The van der Waals surface area contributed by atoms with Crippen LogP contribution < -0.4 is 10.3 Å². The van der Waals surface area contributed by atoms with Crippen molar-refractivity contribution in [1.29, 1.82) is 0 Å². The number of nitro benzene ring substituents is 1. The topological polar surface area (TPSA) is 161 Å². The van der Waals surface area contributed by atoms with Gasteiger partial charge in [0.1, 0.15) is 11.6 Å². The molecule has 0 saturated carbocycles. The molecular weight excluding hydrogens is 533 g/mol. The summed E-state index contributed by atoms with van der Waals surface area (Å²) in [5.74, 6) is -1.59. The van der Waals surface area contributed by atoms with Crippen LogP contribution in [0.4, 0.5) is 24.5 Å². The molecule has 2 aromatic carbocycles. The molecule has 2 N–H and O–H groups in total.